The smallest absolute Gasteiger partial charge is 0.241 e. The molecule has 1 aliphatic heterocycles. The first-order chi connectivity index (χ1) is 17.1. The molecular weight excluding hydrogens is 462 g/mol. The van der Waals surface area contributed by atoms with Gasteiger partial charge in [-0.05, 0) is 30.5 Å². The molecule has 6 rings (SSSR count). The van der Waals surface area contributed by atoms with Crippen LogP contribution in [0.25, 0.3) is 32.2 Å². The van der Waals surface area contributed by atoms with Crippen LogP contribution >= 0.6 is 11.3 Å². The molecule has 35 heavy (non-hydrogen) atoms. The lowest BCUT2D eigenvalue weighted by molar-refractivity contribution is -0.120. The Hall–Kier alpha value is -3.69. The van der Waals surface area contributed by atoms with Gasteiger partial charge < -0.3 is 19.4 Å². The zero-order chi connectivity index (χ0) is 23.9. The van der Waals surface area contributed by atoms with Crippen LogP contribution in [0.3, 0.4) is 0 Å². The predicted molar refractivity (Wildman–Crippen MR) is 140 cm³/mol. The van der Waals surface area contributed by atoms with Crippen molar-refractivity contribution in [2.24, 2.45) is 0 Å². The third kappa shape index (κ3) is 3.86. The van der Waals surface area contributed by atoms with Gasteiger partial charge in [0.15, 0.2) is 0 Å². The summed E-state index contributed by atoms with van der Waals surface area (Å²) in [5.74, 6) is 1.50. The van der Waals surface area contributed by atoms with Gasteiger partial charge in [0.05, 0.1) is 24.2 Å². The fraction of sp³-hybridized carbons (Fsp3) is 0.269. The zero-order valence-corrected chi connectivity index (χ0v) is 20.3. The van der Waals surface area contributed by atoms with Gasteiger partial charge >= 0.3 is 0 Å². The van der Waals surface area contributed by atoms with Crippen LogP contribution < -0.4 is 15.0 Å². The number of ether oxygens (including phenoxy) is 1. The maximum atomic E-state index is 13.2. The highest BCUT2D eigenvalue weighted by Gasteiger charge is 2.27. The summed E-state index contributed by atoms with van der Waals surface area (Å²) in [5.41, 5.74) is 2.13. The van der Waals surface area contributed by atoms with E-state index in [0.717, 1.165) is 58.6 Å². The number of rotatable bonds is 5. The van der Waals surface area contributed by atoms with E-state index in [1.807, 2.05) is 48.7 Å². The summed E-state index contributed by atoms with van der Waals surface area (Å²) in [6.07, 6.45) is 1.63. The summed E-state index contributed by atoms with van der Waals surface area (Å²) in [6, 6.07) is 13.4. The molecule has 2 aromatic carbocycles. The maximum absolute atomic E-state index is 13.2. The number of para-hydroxylation sites is 1. The molecule has 1 fully saturated rings. The number of piperazine rings is 1. The van der Waals surface area contributed by atoms with Gasteiger partial charge in [0.25, 0.3) is 0 Å². The summed E-state index contributed by atoms with van der Waals surface area (Å²) in [5, 5.41) is 8.18. The SMILES string of the molecule is COc1cc2c(cc1NC(=O)[C@@H](C)N1CCN(c3ncnc4sccc34)CC1)oc1ccccc12. The molecule has 0 radical (unpaired) electrons. The Balaban J connectivity index is 1.17. The highest BCUT2D eigenvalue weighted by Crippen LogP contribution is 2.36. The molecule has 178 valence electrons. The van der Waals surface area contributed by atoms with Crippen LogP contribution in [0.15, 0.2) is 58.6 Å². The number of furan rings is 1. The van der Waals surface area contributed by atoms with Crippen LogP contribution in [0.4, 0.5) is 11.5 Å². The van der Waals surface area contributed by atoms with Crippen LogP contribution in [0.1, 0.15) is 6.92 Å². The van der Waals surface area contributed by atoms with Crippen LogP contribution in [0, 0.1) is 0 Å². The summed E-state index contributed by atoms with van der Waals surface area (Å²) in [7, 11) is 1.61. The molecule has 0 saturated carbocycles. The predicted octanol–water partition coefficient (Wildman–Crippen LogP) is 4.75. The summed E-state index contributed by atoms with van der Waals surface area (Å²) < 4.78 is 11.6. The number of carbonyl (C=O) groups is 1. The molecule has 0 spiro atoms. The lowest BCUT2D eigenvalue weighted by Gasteiger charge is -2.38. The van der Waals surface area contributed by atoms with Crippen molar-refractivity contribution in [2.75, 3.05) is 43.5 Å². The largest absolute Gasteiger partial charge is 0.495 e. The van der Waals surface area contributed by atoms with Gasteiger partial charge in [-0.2, -0.15) is 0 Å². The fourth-order valence-corrected chi connectivity index (χ4v) is 5.50. The van der Waals surface area contributed by atoms with Crippen molar-refractivity contribution < 1.29 is 13.9 Å². The van der Waals surface area contributed by atoms with E-state index in [-0.39, 0.29) is 11.9 Å². The van der Waals surface area contributed by atoms with Crippen molar-refractivity contribution in [1.29, 1.82) is 0 Å². The van der Waals surface area contributed by atoms with Crippen molar-refractivity contribution >= 4 is 60.9 Å². The zero-order valence-electron chi connectivity index (χ0n) is 19.5. The van der Waals surface area contributed by atoms with E-state index >= 15 is 0 Å². The van der Waals surface area contributed by atoms with Crippen molar-refractivity contribution in [3.05, 3.63) is 54.2 Å². The molecule has 9 heteroatoms. The minimum atomic E-state index is -0.292. The number of hydrogen-bond acceptors (Lipinski definition) is 8. The minimum absolute atomic E-state index is 0.0746. The van der Waals surface area contributed by atoms with Gasteiger partial charge in [0, 0.05) is 43.0 Å². The Morgan fingerprint density at radius 3 is 2.71 bits per heavy atom. The second-order valence-electron chi connectivity index (χ2n) is 8.67. The molecular formula is C26H25N5O3S. The van der Waals surface area contributed by atoms with Gasteiger partial charge in [0.2, 0.25) is 5.91 Å². The van der Waals surface area contributed by atoms with Crippen molar-refractivity contribution in [3.63, 3.8) is 0 Å². The number of methoxy groups -OCH3 is 1. The second-order valence-corrected chi connectivity index (χ2v) is 9.57. The summed E-state index contributed by atoms with van der Waals surface area (Å²) in [6.45, 7) is 5.08. The topological polar surface area (TPSA) is 83.7 Å². The Bertz CT molecular complexity index is 1540. The van der Waals surface area contributed by atoms with E-state index in [9.17, 15) is 4.79 Å². The van der Waals surface area contributed by atoms with Gasteiger partial charge in [-0.3, -0.25) is 9.69 Å². The van der Waals surface area contributed by atoms with Crippen molar-refractivity contribution in [1.82, 2.24) is 14.9 Å². The lowest BCUT2D eigenvalue weighted by Crippen LogP contribution is -2.53. The first-order valence-electron chi connectivity index (χ1n) is 11.6. The Labute approximate surface area is 206 Å². The first-order valence-corrected chi connectivity index (χ1v) is 12.5. The molecule has 1 aliphatic rings. The Morgan fingerprint density at radius 2 is 1.89 bits per heavy atom. The highest BCUT2D eigenvalue weighted by atomic mass is 32.1. The minimum Gasteiger partial charge on any atom is -0.495 e. The van der Waals surface area contributed by atoms with Gasteiger partial charge in [0.1, 0.15) is 33.9 Å². The Kier molecular flexibility index (Phi) is 5.50. The van der Waals surface area contributed by atoms with Crippen LogP contribution in [0.5, 0.6) is 5.75 Å². The summed E-state index contributed by atoms with van der Waals surface area (Å²) >= 11 is 1.62. The van der Waals surface area contributed by atoms with E-state index in [1.165, 1.54) is 0 Å². The molecule has 0 bridgehead atoms. The Morgan fingerprint density at radius 1 is 1.06 bits per heavy atom. The van der Waals surface area contributed by atoms with E-state index < -0.39 is 0 Å². The number of nitrogens with zero attached hydrogens (tertiary/aromatic N) is 4. The standard InChI is InChI=1S/C26H25N5O3S/c1-16(30-8-10-31(11-9-30)24-18-7-12-35-26(18)28-15-27-24)25(32)29-20-14-22-19(13-23(20)33-2)17-5-3-4-6-21(17)34-22/h3-7,12-16H,8-11H2,1-2H3,(H,29,32)/t16-/m1/s1. The number of nitrogens with one attached hydrogen (secondary N) is 1. The van der Waals surface area contributed by atoms with E-state index in [0.29, 0.717) is 17.0 Å². The molecule has 3 aromatic heterocycles. The normalized spacial score (nSPS) is 15.7. The number of carbonyl (C=O) groups excluding carboxylic acids is 1. The number of aromatic nitrogens is 2. The van der Waals surface area contributed by atoms with Crippen LogP contribution in [-0.2, 0) is 4.79 Å². The quantitative estimate of drug-likeness (QED) is 0.383. The molecule has 8 nitrogen and oxygen atoms in total. The number of anilines is 2. The monoisotopic (exact) mass is 487 g/mol. The molecule has 0 aliphatic carbocycles. The number of thiophene rings is 1. The molecule has 4 heterocycles. The third-order valence-corrected chi connectivity index (χ3v) is 7.56. The highest BCUT2D eigenvalue weighted by molar-refractivity contribution is 7.16. The van der Waals surface area contributed by atoms with Crippen molar-refractivity contribution in [2.45, 2.75) is 13.0 Å². The molecule has 5 aromatic rings. The number of fused-ring (bicyclic) bond motifs is 4. The number of hydrogen-bond donors (Lipinski definition) is 1. The van der Waals surface area contributed by atoms with Gasteiger partial charge in [-0.1, -0.05) is 18.2 Å². The molecule has 1 saturated heterocycles. The van der Waals surface area contributed by atoms with Crippen molar-refractivity contribution in [3.8, 4) is 5.75 Å². The second kappa shape index (κ2) is 8.83. The van der Waals surface area contributed by atoms with E-state index in [2.05, 4.69) is 31.2 Å². The van der Waals surface area contributed by atoms with E-state index in [4.69, 9.17) is 9.15 Å². The van der Waals surface area contributed by atoms with Gasteiger partial charge in [-0.25, -0.2) is 9.97 Å². The average molecular weight is 488 g/mol. The third-order valence-electron chi connectivity index (χ3n) is 6.74. The maximum Gasteiger partial charge on any atom is 0.241 e. The van der Waals surface area contributed by atoms with Crippen LogP contribution in [-0.4, -0.2) is 60.1 Å². The molecule has 1 N–H and O–H groups in total. The van der Waals surface area contributed by atoms with E-state index in [1.54, 1.807) is 24.8 Å². The number of amides is 1. The molecule has 1 amide bonds. The number of benzene rings is 2. The first kappa shape index (κ1) is 21.8. The summed E-state index contributed by atoms with van der Waals surface area (Å²) in [4.78, 5) is 27.6. The van der Waals surface area contributed by atoms with Crippen LogP contribution in [0.2, 0.25) is 0 Å². The fourth-order valence-electron chi connectivity index (χ4n) is 4.77. The molecule has 0 unspecified atom stereocenters. The lowest BCUT2D eigenvalue weighted by atomic mass is 10.1. The average Bonchev–Trinajstić information content (AvgIpc) is 3.52. The molecule has 1 atom stereocenters. The van der Waals surface area contributed by atoms with Gasteiger partial charge in [-0.15, -0.1) is 11.3 Å².